The Labute approximate surface area is 128 Å². The summed E-state index contributed by atoms with van der Waals surface area (Å²) in [5.74, 6) is -0.124. The molecule has 0 amide bonds. The second kappa shape index (κ2) is 7.51. The van der Waals surface area contributed by atoms with Crippen LogP contribution in [0, 0.1) is 0 Å². The molecule has 0 saturated heterocycles. The molecule has 0 fully saturated rings. The van der Waals surface area contributed by atoms with Crippen LogP contribution in [0.3, 0.4) is 0 Å². The van der Waals surface area contributed by atoms with Crippen molar-refractivity contribution in [3.05, 3.63) is 41.9 Å². The number of hydrogen-bond donors (Lipinski definition) is 1. The van der Waals surface area contributed by atoms with E-state index in [2.05, 4.69) is 9.97 Å². The van der Waals surface area contributed by atoms with Crippen molar-refractivity contribution in [2.45, 2.75) is 20.5 Å². The first-order valence-corrected chi connectivity index (χ1v) is 7.05. The van der Waals surface area contributed by atoms with Crippen molar-refractivity contribution in [3.8, 4) is 17.0 Å². The summed E-state index contributed by atoms with van der Waals surface area (Å²) in [6.45, 7) is 5.03. The summed E-state index contributed by atoms with van der Waals surface area (Å²) < 4.78 is 10.6. The van der Waals surface area contributed by atoms with Gasteiger partial charge < -0.3 is 14.6 Å². The van der Waals surface area contributed by atoms with Gasteiger partial charge in [0.25, 0.3) is 0 Å². The molecule has 0 bridgehead atoms. The lowest BCUT2D eigenvalue weighted by atomic mass is 10.1. The van der Waals surface area contributed by atoms with E-state index < -0.39 is 5.97 Å². The van der Waals surface area contributed by atoms with E-state index in [-0.39, 0.29) is 5.56 Å². The Kier molecular flexibility index (Phi) is 5.43. The minimum absolute atomic E-state index is 0.115. The summed E-state index contributed by atoms with van der Waals surface area (Å²) in [5, 5.41) is 9.30. The van der Waals surface area contributed by atoms with Crippen LogP contribution in [0.4, 0.5) is 0 Å². The lowest BCUT2D eigenvalue weighted by molar-refractivity contribution is 0.0692. The average Bonchev–Trinajstić information content (AvgIpc) is 2.53. The van der Waals surface area contributed by atoms with Crippen LogP contribution in [0.1, 0.15) is 30.0 Å². The van der Waals surface area contributed by atoms with Gasteiger partial charge in [0.2, 0.25) is 0 Å². The van der Waals surface area contributed by atoms with Crippen LogP contribution in [0.15, 0.2) is 30.5 Å². The quantitative estimate of drug-likeness (QED) is 0.847. The third-order valence-electron chi connectivity index (χ3n) is 2.95. The van der Waals surface area contributed by atoms with Gasteiger partial charge in [-0.3, -0.25) is 0 Å². The predicted octanol–water partition coefficient (Wildman–Crippen LogP) is 2.78. The minimum Gasteiger partial charge on any atom is -0.493 e. The molecule has 0 radical (unpaired) electrons. The lowest BCUT2D eigenvalue weighted by Gasteiger charge is -2.09. The first-order chi connectivity index (χ1) is 10.7. The SMILES string of the molecule is CCOCc1nccc(-c2ccc(OCC)c(C(=O)O)c2)n1. The second-order valence-corrected chi connectivity index (χ2v) is 4.44. The molecule has 0 atom stereocenters. The fourth-order valence-electron chi connectivity index (χ4n) is 1.96. The van der Waals surface area contributed by atoms with E-state index in [1.165, 1.54) is 0 Å². The van der Waals surface area contributed by atoms with Gasteiger partial charge in [0.05, 0.1) is 12.3 Å². The first-order valence-electron chi connectivity index (χ1n) is 7.05. The molecule has 0 aliphatic heterocycles. The van der Waals surface area contributed by atoms with E-state index in [0.29, 0.717) is 42.7 Å². The summed E-state index contributed by atoms with van der Waals surface area (Å²) in [4.78, 5) is 19.9. The fourth-order valence-corrected chi connectivity index (χ4v) is 1.96. The van der Waals surface area contributed by atoms with E-state index in [4.69, 9.17) is 9.47 Å². The molecular weight excluding hydrogens is 284 g/mol. The van der Waals surface area contributed by atoms with E-state index in [1.54, 1.807) is 30.5 Å². The molecule has 1 heterocycles. The Morgan fingerprint density at radius 1 is 1.23 bits per heavy atom. The molecule has 1 aromatic heterocycles. The van der Waals surface area contributed by atoms with Crippen LogP contribution in [-0.4, -0.2) is 34.3 Å². The van der Waals surface area contributed by atoms with Crippen LogP contribution in [0.25, 0.3) is 11.3 Å². The summed E-state index contributed by atoms with van der Waals surface area (Å²) in [6, 6.07) is 6.72. The highest BCUT2D eigenvalue weighted by Gasteiger charge is 2.13. The number of nitrogens with zero attached hydrogens (tertiary/aromatic N) is 2. The van der Waals surface area contributed by atoms with Gasteiger partial charge in [0.15, 0.2) is 5.82 Å². The first kappa shape index (κ1) is 15.9. The third kappa shape index (κ3) is 3.79. The number of carboxylic acids is 1. The number of hydrogen-bond acceptors (Lipinski definition) is 5. The number of carboxylic acid groups (broad SMARTS) is 1. The summed E-state index contributed by atoms with van der Waals surface area (Å²) in [6.07, 6.45) is 1.63. The molecule has 0 unspecified atom stereocenters. The van der Waals surface area contributed by atoms with Crippen molar-refractivity contribution in [2.75, 3.05) is 13.2 Å². The molecule has 1 aromatic carbocycles. The zero-order valence-electron chi connectivity index (χ0n) is 12.6. The zero-order valence-corrected chi connectivity index (χ0v) is 12.6. The van der Waals surface area contributed by atoms with E-state index in [0.717, 1.165) is 0 Å². The van der Waals surface area contributed by atoms with E-state index >= 15 is 0 Å². The standard InChI is InChI=1S/C16H18N2O4/c1-3-21-10-15-17-8-7-13(18-15)11-5-6-14(22-4-2)12(9-11)16(19)20/h5-9H,3-4,10H2,1-2H3,(H,19,20). The molecule has 0 aliphatic rings. The summed E-state index contributed by atoms with van der Waals surface area (Å²) in [7, 11) is 0. The Morgan fingerprint density at radius 2 is 2.05 bits per heavy atom. The van der Waals surface area contributed by atoms with Crippen LogP contribution in [-0.2, 0) is 11.3 Å². The van der Waals surface area contributed by atoms with Gasteiger partial charge in [-0.25, -0.2) is 14.8 Å². The van der Waals surface area contributed by atoms with Crippen LogP contribution in [0.2, 0.25) is 0 Å². The number of carbonyl (C=O) groups is 1. The molecule has 1 N–H and O–H groups in total. The van der Waals surface area contributed by atoms with Crippen LogP contribution < -0.4 is 4.74 Å². The van der Waals surface area contributed by atoms with Gasteiger partial charge >= 0.3 is 5.97 Å². The van der Waals surface area contributed by atoms with Crippen LogP contribution in [0.5, 0.6) is 5.75 Å². The molecule has 22 heavy (non-hydrogen) atoms. The molecule has 0 aliphatic carbocycles. The van der Waals surface area contributed by atoms with E-state index in [1.807, 2.05) is 13.8 Å². The van der Waals surface area contributed by atoms with Crippen molar-refractivity contribution in [1.82, 2.24) is 9.97 Å². The lowest BCUT2D eigenvalue weighted by Crippen LogP contribution is -2.04. The largest absolute Gasteiger partial charge is 0.493 e. The van der Waals surface area contributed by atoms with Gasteiger partial charge in [-0.1, -0.05) is 0 Å². The van der Waals surface area contributed by atoms with Crippen molar-refractivity contribution in [2.24, 2.45) is 0 Å². The Bertz CT molecular complexity index is 658. The van der Waals surface area contributed by atoms with Crippen molar-refractivity contribution in [3.63, 3.8) is 0 Å². The summed E-state index contributed by atoms with van der Waals surface area (Å²) >= 11 is 0. The van der Waals surface area contributed by atoms with Crippen molar-refractivity contribution < 1.29 is 19.4 Å². The minimum atomic E-state index is -1.03. The number of aromatic nitrogens is 2. The molecule has 6 heteroatoms. The molecule has 0 saturated carbocycles. The Balaban J connectivity index is 2.36. The number of aromatic carboxylic acids is 1. The third-order valence-corrected chi connectivity index (χ3v) is 2.95. The monoisotopic (exact) mass is 302 g/mol. The van der Waals surface area contributed by atoms with Crippen LogP contribution >= 0.6 is 0 Å². The number of benzene rings is 1. The molecule has 6 nitrogen and oxygen atoms in total. The Hall–Kier alpha value is -2.47. The number of ether oxygens (including phenoxy) is 2. The topological polar surface area (TPSA) is 81.5 Å². The average molecular weight is 302 g/mol. The highest BCUT2D eigenvalue weighted by molar-refractivity contribution is 5.92. The fraction of sp³-hybridized carbons (Fsp3) is 0.312. The molecule has 116 valence electrons. The van der Waals surface area contributed by atoms with E-state index in [9.17, 15) is 9.90 Å². The molecule has 2 aromatic rings. The van der Waals surface area contributed by atoms with Crippen molar-refractivity contribution in [1.29, 1.82) is 0 Å². The maximum Gasteiger partial charge on any atom is 0.339 e. The highest BCUT2D eigenvalue weighted by Crippen LogP contribution is 2.26. The predicted molar refractivity (Wildman–Crippen MR) is 80.9 cm³/mol. The smallest absolute Gasteiger partial charge is 0.339 e. The van der Waals surface area contributed by atoms with Gasteiger partial charge in [0.1, 0.15) is 17.9 Å². The zero-order chi connectivity index (χ0) is 15.9. The summed E-state index contributed by atoms with van der Waals surface area (Å²) in [5.41, 5.74) is 1.46. The molecule has 0 spiro atoms. The van der Waals surface area contributed by atoms with Gasteiger partial charge in [-0.15, -0.1) is 0 Å². The molecule has 2 rings (SSSR count). The highest BCUT2D eigenvalue weighted by atomic mass is 16.5. The van der Waals surface area contributed by atoms with Crippen molar-refractivity contribution >= 4 is 5.97 Å². The van der Waals surface area contributed by atoms with Gasteiger partial charge in [-0.2, -0.15) is 0 Å². The Morgan fingerprint density at radius 3 is 2.73 bits per heavy atom. The number of rotatable bonds is 7. The maximum atomic E-state index is 11.4. The molecular formula is C16H18N2O4. The normalized spacial score (nSPS) is 10.5. The second-order valence-electron chi connectivity index (χ2n) is 4.44. The van der Waals surface area contributed by atoms with Gasteiger partial charge in [0, 0.05) is 18.4 Å². The maximum absolute atomic E-state index is 11.4. The van der Waals surface area contributed by atoms with Gasteiger partial charge in [-0.05, 0) is 38.1 Å².